The van der Waals surface area contributed by atoms with Crippen molar-refractivity contribution in [2.45, 2.75) is 32.9 Å². The van der Waals surface area contributed by atoms with Gasteiger partial charge in [-0.2, -0.15) is 0 Å². The molecule has 2 aromatic rings. The van der Waals surface area contributed by atoms with Crippen molar-refractivity contribution in [1.82, 2.24) is 5.32 Å². The summed E-state index contributed by atoms with van der Waals surface area (Å²) < 4.78 is 5.83. The lowest BCUT2D eigenvalue weighted by molar-refractivity contribution is 0.182. The van der Waals surface area contributed by atoms with Crippen molar-refractivity contribution < 1.29 is 4.74 Å². The average Bonchev–Trinajstić information content (AvgIpc) is 2.51. The van der Waals surface area contributed by atoms with E-state index in [1.807, 2.05) is 6.07 Å². The van der Waals surface area contributed by atoms with Crippen molar-refractivity contribution in [3.63, 3.8) is 0 Å². The molecule has 0 fully saturated rings. The van der Waals surface area contributed by atoms with Gasteiger partial charge in [0.05, 0.1) is 6.61 Å². The Morgan fingerprint density at radius 3 is 2.57 bits per heavy atom. The van der Waals surface area contributed by atoms with Crippen LogP contribution in [0, 0.1) is 12.8 Å². The zero-order valence-corrected chi connectivity index (χ0v) is 13.0. The summed E-state index contributed by atoms with van der Waals surface area (Å²) in [6, 6.07) is 17.8. The lowest BCUT2D eigenvalue weighted by Gasteiger charge is -2.34. The van der Waals surface area contributed by atoms with E-state index in [1.54, 1.807) is 0 Å². The smallest absolute Gasteiger partial charge is 0.124 e. The van der Waals surface area contributed by atoms with Gasteiger partial charge >= 0.3 is 0 Å². The number of hydrogen-bond acceptors (Lipinski definition) is 2. The van der Waals surface area contributed by atoms with Crippen molar-refractivity contribution in [3.05, 3.63) is 65.2 Å². The van der Waals surface area contributed by atoms with E-state index in [0.29, 0.717) is 18.0 Å². The fourth-order valence-electron chi connectivity index (χ4n) is 2.97. The Hall–Kier alpha value is -1.80. The van der Waals surface area contributed by atoms with Gasteiger partial charge in [0.25, 0.3) is 0 Å². The van der Waals surface area contributed by atoms with Gasteiger partial charge in [-0.05, 0) is 25.5 Å². The molecule has 21 heavy (non-hydrogen) atoms. The van der Waals surface area contributed by atoms with Gasteiger partial charge in [0, 0.05) is 23.6 Å². The number of nitrogens with one attached hydrogen (secondary N) is 1. The molecule has 0 radical (unpaired) electrons. The van der Waals surface area contributed by atoms with Crippen molar-refractivity contribution in [2.75, 3.05) is 6.61 Å². The molecule has 0 bridgehead atoms. The van der Waals surface area contributed by atoms with Crippen molar-refractivity contribution in [2.24, 2.45) is 5.92 Å². The Morgan fingerprint density at radius 2 is 1.81 bits per heavy atom. The molecular weight excluding hydrogens is 258 g/mol. The highest BCUT2D eigenvalue weighted by molar-refractivity contribution is 5.38. The second-order valence-electron chi connectivity index (χ2n) is 6.10. The maximum absolute atomic E-state index is 5.83. The van der Waals surface area contributed by atoms with Gasteiger partial charge in [-0.25, -0.2) is 0 Å². The zero-order chi connectivity index (χ0) is 14.8. The predicted octanol–water partition coefficient (Wildman–Crippen LogP) is 4.42. The molecule has 2 nitrogen and oxygen atoms in total. The zero-order valence-electron chi connectivity index (χ0n) is 13.0. The van der Waals surface area contributed by atoms with E-state index >= 15 is 0 Å². The Bertz CT molecular complexity index is 605. The van der Waals surface area contributed by atoms with Gasteiger partial charge < -0.3 is 10.1 Å². The van der Waals surface area contributed by atoms with Gasteiger partial charge in [0.1, 0.15) is 5.75 Å². The maximum atomic E-state index is 5.83. The van der Waals surface area contributed by atoms with Crippen LogP contribution in [0.5, 0.6) is 5.75 Å². The topological polar surface area (TPSA) is 21.3 Å². The molecule has 0 aromatic heterocycles. The molecule has 2 aromatic carbocycles. The second kappa shape index (κ2) is 5.90. The second-order valence-corrected chi connectivity index (χ2v) is 6.10. The summed E-state index contributed by atoms with van der Waals surface area (Å²) in [7, 11) is 0. The predicted molar refractivity (Wildman–Crippen MR) is 86.6 cm³/mol. The minimum absolute atomic E-state index is 0.323. The molecule has 2 heteroatoms. The number of aryl methyl sites for hydroxylation is 1. The van der Waals surface area contributed by atoms with Gasteiger partial charge in [0.2, 0.25) is 0 Å². The van der Waals surface area contributed by atoms with E-state index in [0.717, 1.165) is 12.4 Å². The largest absolute Gasteiger partial charge is 0.493 e. The Labute approximate surface area is 127 Å². The van der Waals surface area contributed by atoms with E-state index in [-0.39, 0.29) is 0 Å². The van der Waals surface area contributed by atoms with Crippen LogP contribution in [-0.2, 0) is 0 Å². The van der Waals surface area contributed by atoms with Crippen LogP contribution < -0.4 is 10.1 Å². The van der Waals surface area contributed by atoms with Gasteiger partial charge in [0.15, 0.2) is 0 Å². The summed E-state index contributed by atoms with van der Waals surface area (Å²) in [6.45, 7) is 7.37. The first-order valence-electron chi connectivity index (χ1n) is 7.69. The quantitative estimate of drug-likeness (QED) is 0.899. The van der Waals surface area contributed by atoms with E-state index in [4.69, 9.17) is 4.74 Å². The van der Waals surface area contributed by atoms with E-state index in [1.165, 1.54) is 16.7 Å². The first-order valence-corrected chi connectivity index (χ1v) is 7.69. The summed E-state index contributed by atoms with van der Waals surface area (Å²) in [4.78, 5) is 0. The number of benzene rings is 2. The first-order chi connectivity index (χ1) is 10.1. The number of rotatable bonds is 3. The Kier molecular flexibility index (Phi) is 3.98. The lowest BCUT2D eigenvalue weighted by Crippen LogP contribution is -2.35. The summed E-state index contributed by atoms with van der Waals surface area (Å²) >= 11 is 0. The minimum Gasteiger partial charge on any atom is -0.493 e. The Balaban J connectivity index is 1.82. The van der Waals surface area contributed by atoms with Gasteiger partial charge in [-0.1, -0.05) is 55.0 Å². The summed E-state index contributed by atoms with van der Waals surface area (Å²) in [6.07, 6.45) is 0. The van der Waals surface area contributed by atoms with Crippen molar-refractivity contribution in [3.8, 4) is 5.75 Å². The molecular formula is C19H23NO. The molecule has 0 saturated heterocycles. The number of hydrogen-bond donors (Lipinski definition) is 1. The van der Waals surface area contributed by atoms with Gasteiger partial charge in [-0.15, -0.1) is 0 Å². The molecule has 0 saturated carbocycles. The molecule has 1 N–H and O–H groups in total. The number of para-hydroxylation sites is 1. The highest BCUT2D eigenvalue weighted by Gasteiger charge is 2.28. The van der Waals surface area contributed by atoms with Crippen LogP contribution in [0.3, 0.4) is 0 Å². The third-order valence-electron chi connectivity index (χ3n) is 4.33. The third kappa shape index (κ3) is 2.96. The number of fused-ring (bicyclic) bond motifs is 1. The first kappa shape index (κ1) is 14.2. The molecule has 2 unspecified atom stereocenters. The molecule has 3 atom stereocenters. The lowest BCUT2D eigenvalue weighted by atomic mass is 9.90. The van der Waals surface area contributed by atoms with Crippen LogP contribution >= 0.6 is 0 Å². The minimum atomic E-state index is 0.323. The Morgan fingerprint density at radius 1 is 1.10 bits per heavy atom. The highest BCUT2D eigenvalue weighted by Crippen LogP contribution is 2.36. The van der Waals surface area contributed by atoms with Gasteiger partial charge in [-0.3, -0.25) is 0 Å². The molecule has 3 rings (SSSR count). The van der Waals surface area contributed by atoms with Crippen LogP contribution in [0.15, 0.2) is 48.5 Å². The summed E-state index contributed by atoms with van der Waals surface area (Å²) in [5, 5.41) is 3.78. The molecule has 1 aliphatic heterocycles. The van der Waals surface area contributed by atoms with Crippen LogP contribution in [0.25, 0.3) is 0 Å². The molecule has 0 amide bonds. The van der Waals surface area contributed by atoms with Crippen molar-refractivity contribution >= 4 is 0 Å². The number of ether oxygens (including phenoxy) is 1. The van der Waals surface area contributed by atoms with Crippen LogP contribution in [0.4, 0.5) is 0 Å². The standard InChI is InChI=1S/C19H23NO/c1-13-8-10-16(11-9-13)15(3)20-19-14(2)12-21-18-7-5-4-6-17(18)19/h4-11,14-15,19-20H,12H2,1-3H3/t14?,15-,19?/m0/s1. The molecule has 110 valence electrons. The highest BCUT2D eigenvalue weighted by atomic mass is 16.5. The summed E-state index contributed by atoms with van der Waals surface area (Å²) in [5.41, 5.74) is 3.91. The molecule has 0 aliphatic carbocycles. The molecule has 1 heterocycles. The SMILES string of the molecule is Cc1ccc([C@H](C)NC2c3ccccc3OCC2C)cc1. The van der Waals surface area contributed by atoms with Crippen molar-refractivity contribution in [1.29, 1.82) is 0 Å². The van der Waals surface area contributed by atoms with E-state index in [2.05, 4.69) is 68.6 Å². The van der Waals surface area contributed by atoms with E-state index < -0.39 is 0 Å². The molecule has 1 aliphatic rings. The maximum Gasteiger partial charge on any atom is 0.124 e. The summed E-state index contributed by atoms with van der Waals surface area (Å²) in [5.74, 6) is 1.48. The van der Waals surface area contributed by atoms with Crippen LogP contribution in [0.1, 0.15) is 42.6 Å². The monoisotopic (exact) mass is 281 g/mol. The fourth-order valence-corrected chi connectivity index (χ4v) is 2.97. The van der Waals surface area contributed by atoms with Crippen LogP contribution in [0.2, 0.25) is 0 Å². The fraction of sp³-hybridized carbons (Fsp3) is 0.368. The normalized spacial score (nSPS) is 22.2. The third-order valence-corrected chi connectivity index (χ3v) is 4.33. The van der Waals surface area contributed by atoms with E-state index in [9.17, 15) is 0 Å². The van der Waals surface area contributed by atoms with Crippen LogP contribution in [-0.4, -0.2) is 6.61 Å². The molecule has 0 spiro atoms. The average molecular weight is 281 g/mol.